The van der Waals surface area contributed by atoms with Crippen LogP contribution in [0.5, 0.6) is 0 Å². The zero-order valence-corrected chi connectivity index (χ0v) is 11.0. The summed E-state index contributed by atoms with van der Waals surface area (Å²) in [6, 6.07) is 7.31. The van der Waals surface area contributed by atoms with E-state index in [2.05, 4.69) is 23.7 Å². The minimum Gasteiger partial charge on any atom is -0.358 e. The van der Waals surface area contributed by atoms with Crippen molar-refractivity contribution in [1.82, 2.24) is 4.90 Å². The Hall–Kier alpha value is -1.12. The molecule has 1 aromatic rings. The third-order valence-corrected chi connectivity index (χ3v) is 3.63. The monoisotopic (exact) mass is 252 g/mol. The van der Waals surface area contributed by atoms with Gasteiger partial charge in [-0.1, -0.05) is 24.0 Å². The van der Waals surface area contributed by atoms with Crippen molar-refractivity contribution in [1.29, 1.82) is 5.39 Å². The Kier molecular flexibility index (Phi) is 5.23. The molecule has 0 aromatic heterocycles. The summed E-state index contributed by atoms with van der Waals surface area (Å²) in [6.07, 6.45) is 0. The predicted octanol–water partition coefficient (Wildman–Crippen LogP) is 3.89. The summed E-state index contributed by atoms with van der Waals surface area (Å²) in [5.74, 6) is 0. The number of benzene rings is 1. The van der Waals surface area contributed by atoms with Crippen molar-refractivity contribution in [2.24, 2.45) is 0 Å². The first-order valence-electron chi connectivity index (χ1n) is 5.13. The van der Waals surface area contributed by atoms with E-state index >= 15 is 0 Å². The summed E-state index contributed by atoms with van der Waals surface area (Å²) in [6.45, 7) is 6.02. The summed E-state index contributed by atoms with van der Waals surface area (Å²) in [7, 11) is 0. The van der Waals surface area contributed by atoms with Gasteiger partial charge in [-0.2, -0.15) is 0 Å². The molecule has 0 unspecified atom stereocenters. The van der Waals surface area contributed by atoms with Crippen molar-refractivity contribution in [2.45, 2.75) is 18.7 Å². The standard InChI is InChI=1S/C11H14N3S2/c1-3-14(4-2)11(15)16-10-7-5-9(13-12)6-8-10/h5-8H,3-4H2,1-2H3/q+1. The van der Waals surface area contributed by atoms with Crippen LogP contribution in [0.15, 0.2) is 29.2 Å². The van der Waals surface area contributed by atoms with Gasteiger partial charge < -0.3 is 4.90 Å². The second kappa shape index (κ2) is 6.46. The van der Waals surface area contributed by atoms with E-state index in [0.717, 1.165) is 22.3 Å². The van der Waals surface area contributed by atoms with Gasteiger partial charge in [0.15, 0.2) is 4.98 Å². The molecule has 3 nitrogen and oxygen atoms in total. The lowest BCUT2D eigenvalue weighted by atomic mass is 10.3. The van der Waals surface area contributed by atoms with Gasteiger partial charge in [-0.3, -0.25) is 0 Å². The first-order chi connectivity index (χ1) is 7.71. The van der Waals surface area contributed by atoms with Gasteiger partial charge in [0.05, 0.1) is 0 Å². The highest BCUT2D eigenvalue weighted by atomic mass is 32.2. The van der Waals surface area contributed by atoms with Crippen molar-refractivity contribution in [2.75, 3.05) is 13.1 Å². The van der Waals surface area contributed by atoms with Crippen molar-refractivity contribution in [3.05, 3.63) is 29.2 Å². The van der Waals surface area contributed by atoms with E-state index in [1.165, 1.54) is 0 Å². The molecule has 0 bridgehead atoms. The molecule has 0 N–H and O–H groups in total. The number of hydrogen-bond donors (Lipinski definition) is 0. The van der Waals surface area contributed by atoms with E-state index < -0.39 is 0 Å². The Morgan fingerprint density at radius 2 is 1.88 bits per heavy atom. The molecule has 0 aliphatic carbocycles. The number of diazo groups is 1. The van der Waals surface area contributed by atoms with Crippen LogP contribution in [0.3, 0.4) is 0 Å². The van der Waals surface area contributed by atoms with E-state index in [4.69, 9.17) is 17.6 Å². The van der Waals surface area contributed by atoms with Crippen molar-refractivity contribution >= 4 is 34.0 Å². The van der Waals surface area contributed by atoms with E-state index in [-0.39, 0.29) is 0 Å². The molecule has 0 spiro atoms. The van der Waals surface area contributed by atoms with E-state index in [1.807, 2.05) is 12.1 Å². The third-order valence-electron chi connectivity index (χ3n) is 2.18. The maximum Gasteiger partial charge on any atom is 0.385 e. The molecule has 0 heterocycles. The average Bonchev–Trinajstić information content (AvgIpc) is 2.31. The fraction of sp³-hybridized carbons (Fsp3) is 0.364. The summed E-state index contributed by atoms with van der Waals surface area (Å²) < 4.78 is 0.874. The number of thioether (sulfide) groups is 1. The third kappa shape index (κ3) is 3.47. The minimum atomic E-state index is 0.554. The Bertz CT molecular complexity index is 391. The first kappa shape index (κ1) is 12.9. The molecule has 5 heteroatoms. The molecule has 0 atom stereocenters. The molecule has 1 aromatic carbocycles. The van der Waals surface area contributed by atoms with Crippen LogP contribution in [0, 0.1) is 5.39 Å². The van der Waals surface area contributed by atoms with Crippen LogP contribution in [-0.4, -0.2) is 22.3 Å². The largest absolute Gasteiger partial charge is 0.385 e. The number of thiocarbonyl (C=S) groups is 1. The van der Waals surface area contributed by atoms with Crippen LogP contribution >= 0.6 is 24.0 Å². The van der Waals surface area contributed by atoms with Crippen molar-refractivity contribution in [3.63, 3.8) is 0 Å². The van der Waals surface area contributed by atoms with Crippen LogP contribution in [-0.2, 0) is 0 Å². The highest BCUT2D eigenvalue weighted by Crippen LogP contribution is 2.24. The first-order valence-corrected chi connectivity index (χ1v) is 6.35. The van der Waals surface area contributed by atoms with Gasteiger partial charge in [-0.25, -0.2) is 0 Å². The molecule has 0 aliphatic rings. The molecular weight excluding hydrogens is 238 g/mol. The molecule has 0 amide bonds. The Balaban J connectivity index is 2.66. The van der Waals surface area contributed by atoms with Gasteiger partial charge >= 0.3 is 5.69 Å². The molecule has 0 radical (unpaired) electrons. The predicted molar refractivity (Wildman–Crippen MR) is 72.6 cm³/mol. The second-order valence-corrected chi connectivity index (χ2v) is 4.84. The SMILES string of the molecule is CCN(CC)C(=S)Sc1ccc([N+]#N)cc1. The van der Waals surface area contributed by atoms with Gasteiger partial charge in [0.25, 0.3) is 0 Å². The van der Waals surface area contributed by atoms with Gasteiger partial charge in [0.1, 0.15) is 4.32 Å². The van der Waals surface area contributed by atoms with Crippen LogP contribution in [0.1, 0.15) is 13.8 Å². The Morgan fingerprint density at radius 1 is 1.31 bits per heavy atom. The van der Waals surface area contributed by atoms with Crippen molar-refractivity contribution in [3.8, 4) is 0 Å². The topological polar surface area (TPSA) is 31.4 Å². The lowest BCUT2D eigenvalue weighted by Crippen LogP contribution is -2.26. The highest BCUT2D eigenvalue weighted by Gasteiger charge is 2.08. The summed E-state index contributed by atoms with van der Waals surface area (Å²) in [5.41, 5.74) is 0.554. The fourth-order valence-electron chi connectivity index (χ4n) is 1.23. The Labute approximate surface area is 105 Å². The molecule has 0 fully saturated rings. The van der Waals surface area contributed by atoms with Gasteiger partial charge in [-0.05, 0) is 26.0 Å². The highest BCUT2D eigenvalue weighted by molar-refractivity contribution is 8.22. The van der Waals surface area contributed by atoms with Crippen LogP contribution < -0.4 is 0 Å². The normalized spacial score (nSPS) is 9.56. The van der Waals surface area contributed by atoms with Crippen LogP contribution in [0.2, 0.25) is 0 Å². The zero-order valence-electron chi connectivity index (χ0n) is 9.38. The van der Waals surface area contributed by atoms with Crippen LogP contribution in [0.25, 0.3) is 4.98 Å². The van der Waals surface area contributed by atoms with E-state index in [1.54, 1.807) is 23.9 Å². The smallest absolute Gasteiger partial charge is 0.358 e. The van der Waals surface area contributed by atoms with Crippen LogP contribution in [0.4, 0.5) is 5.69 Å². The fourth-order valence-corrected chi connectivity index (χ4v) is 2.64. The minimum absolute atomic E-state index is 0.554. The van der Waals surface area contributed by atoms with E-state index in [9.17, 15) is 0 Å². The lowest BCUT2D eigenvalue weighted by Gasteiger charge is -2.20. The molecule has 16 heavy (non-hydrogen) atoms. The van der Waals surface area contributed by atoms with Crippen molar-refractivity contribution < 1.29 is 0 Å². The maximum absolute atomic E-state index is 8.56. The maximum atomic E-state index is 8.56. The molecule has 1 rings (SSSR count). The molecule has 84 valence electrons. The zero-order chi connectivity index (χ0) is 12.0. The molecular formula is C11H14N3S2+. The van der Waals surface area contributed by atoms with Gasteiger partial charge in [0.2, 0.25) is 5.39 Å². The quantitative estimate of drug-likeness (QED) is 0.464. The number of nitrogens with zero attached hydrogens (tertiary/aromatic N) is 3. The second-order valence-electron chi connectivity index (χ2n) is 3.13. The summed E-state index contributed by atoms with van der Waals surface area (Å²) >= 11 is 6.89. The Morgan fingerprint density at radius 3 is 2.31 bits per heavy atom. The molecule has 0 saturated carbocycles. The molecule has 0 aliphatic heterocycles. The van der Waals surface area contributed by atoms with Gasteiger partial charge in [-0.15, -0.1) is 0 Å². The number of rotatable bonds is 3. The molecule has 0 saturated heterocycles. The summed E-state index contributed by atoms with van der Waals surface area (Å²) in [5, 5.41) is 8.56. The number of hydrogen-bond acceptors (Lipinski definition) is 3. The van der Waals surface area contributed by atoms with Gasteiger partial charge in [0, 0.05) is 30.1 Å². The average molecular weight is 252 g/mol. The van der Waals surface area contributed by atoms with E-state index in [0.29, 0.717) is 5.69 Å². The lowest BCUT2D eigenvalue weighted by molar-refractivity contribution is 0.482. The summed E-state index contributed by atoms with van der Waals surface area (Å²) in [4.78, 5) is 6.29.